The first-order valence-electron chi connectivity index (χ1n) is 10.2. The molecule has 0 radical (unpaired) electrons. The zero-order valence-electron chi connectivity index (χ0n) is 16.6. The standard InChI is InChI=1S/C22H29N3OS/c1-15-16(2)25(19-10-5-4-6-11-19)22(23-15)27-17(3)21(26)24-14-13-18-9-7-8-12-20(18)24/h7-9,12,17,19H,4-6,10-11,13-14H2,1-3H3. The summed E-state index contributed by atoms with van der Waals surface area (Å²) in [6.07, 6.45) is 7.34. The van der Waals surface area contributed by atoms with Crippen LogP contribution in [-0.2, 0) is 11.2 Å². The maximum Gasteiger partial charge on any atom is 0.240 e. The first kappa shape index (κ1) is 18.6. The van der Waals surface area contributed by atoms with Crippen LogP contribution in [0.4, 0.5) is 5.69 Å². The monoisotopic (exact) mass is 383 g/mol. The molecule has 2 heterocycles. The largest absolute Gasteiger partial charge is 0.320 e. The van der Waals surface area contributed by atoms with E-state index < -0.39 is 0 Å². The van der Waals surface area contributed by atoms with Crippen LogP contribution in [0.25, 0.3) is 0 Å². The first-order valence-corrected chi connectivity index (χ1v) is 11.1. The lowest BCUT2D eigenvalue weighted by Gasteiger charge is -2.27. The third kappa shape index (κ3) is 3.54. The van der Waals surface area contributed by atoms with Gasteiger partial charge in [-0.3, -0.25) is 4.79 Å². The highest BCUT2D eigenvalue weighted by Crippen LogP contribution is 2.36. The summed E-state index contributed by atoms with van der Waals surface area (Å²) in [6, 6.07) is 8.80. The molecule has 144 valence electrons. The Kier molecular flexibility index (Phi) is 5.31. The normalized spacial score (nSPS) is 18.6. The van der Waals surface area contributed by atoms with Crippen molar-refractivity contribution in [1.82, 2.24) is 9.55 Å². The van der Waals surface area contributed by atoms with Crippen LogP contribution in [-0.4, -0.2) is 27.3 Å². The van der Waals surface area contributed by atoms with Crippen molar-refractivity contribution in [3.8, 4) is 0 Å². The van der Waals surface area contributed by atoms with Crippen molar-refractivity contribution in [2.75, 3.05) is 11.4 Å². The number of para-hydroxylation sites is 1. The molecule has 0 spiro atoms. The number of nitrogens with zero attached hydrogens (tertiary/aromatic N) is 3. The van der Waals surface area contributed by atoms with Gasteiger partial charge in [-0.15, -0.1) is 0 Å². The number of fused-ring (bicyclic) bond motifs is 1. The Morgan fingerprint density at radius 3 is 2.70 bits per heavy atom. The molecular formula is C22H29N3OS. The van der Waals surface area contributed by atoms with Crippen LogP contribution in [0.2, 0.25) is 0 Å². The van der Waals surface area contributed by atoms with E-state index in [9.17, 15) is 4.79 Å². The van der Waals surface area contributed by atoms with E-state index >= 15 is 0 Å². The minimum atomic E-state index is -0.139. The highest BCUT2D eigenvalue weighted by Gasteiger charge is 2.30. The molecule has 2 aliphatic rings. The number of hydrogen-bond acceptors (Lipinski definition) is 3. The van der Waals surface area contributed by atoms with Crippen molar-refractivity contribution < 1.29 is 4.79 Å². The third-order valence-electron chi connectivity index (χ3n) is 6.08. The van der Waals surface area contributed by atoms with E-state index in [1.807, 2.05) is 17.9 Å². The van der Waals surface area contributed by atoms with E-state index in [0.717, 1.165) is 29.5 Å². The minimum absolute atomic E-state index is 0.139. The van der Waals surface area contributed by atoms with Gasteiger partial charge in [0.05, 0.1) is 10.9 Å². The molecule has 1 amide bonds. The van der Waals surface area contributed by atoms with Crippen LogP contribution in [0.5, 0.6) is 0 Å². The van der Waals surface area contributed by atoms with E-state index in [2.05, 4.69) is 36.6 Å². The Bertz CT molecular complexity index is 838. The van der Waals surface area contributed by atoms with Gasteiger partial charge in [-0.25, -0.2) is 4.98 Å². The average Bonchev–Trinajstić information content (AvgIpc) is 3.23. The van der Waals surface area contributed by atoms with Gasteiger partial charge in [-0.2, -0.15) is 0 Å². The number of carbonyl (C=O) groups excluding carboxylic acids is 1. The van der Waals surface area contributed by atoms with Gasteiger partial charge in [-0.05, 0) is 51.7 Å². The predicted octanol–water partition coefficient (Wildman–Crippen LogP) is 5.08. The van der Waals surface area contributed by atoms with Gasteiger partial charge in [0, 0.05) is 24.0 Å². The van der Waals surface area contributed by atoms with Gasteiger partial charge < -0.3 is 9.47 Å². The van der Waals surface area contributed by atoms with Crippen LogP contribution in [0.15, 0.2) is 29.4 Å². The van der Waals surface area contributed by atoms with Gasteiger partial charge in [0.25, 0.3) is 0 Å². The van der Waals surface area contributed by atoms with Crippen LogP contribution < -0.4 is 4.90 Å². The molecule has 1 aromatic carbocycles. The zero-order valence-corrected chi connectivity index (χ0v) is 17.4. The number of imidazole rings is 1. The number of anilines is 1. The summed E-state index contributed by atoms with van der Waals surface area (Å²) in [5.41, 5.74) is 4.71. The van der Waals surface area contributed by atoms with Gasteiger partial charge in [-0.1, -0.05) is 49.2 Å². The van der Waals surface area contributed by atoms with Crippen molar-refractivity contribution in [2.24, 2.45) is 0 Å². The fourth-order valence-electron chi connectivity index (χ4n) is 4.44. The Hall–Kier alpha value is -1.75. The number of aromatic nitrogens is 2. The Labute approximate surface area is 166 Å². The highest BCUT2D eigenvalue weighted by atomic mass is 32.2. The predicted molar refractivity (Wildman–Crippen MR) is 112 cm³/mol. The molecule has 5 heteroatoms. The SMILES string of the molecule is Cc1nc(SC(C)C(=O)N2CCc3ccccc32)n(C2CCCCC2)c1C. The van der Waals surface area contributed by atoms with E-state index in [-0.39, 0.29) is 11.2 Å². The van der Waals surface area contributed by atoms with Crippen LogP contribution in [0.1, 0.15) is 62.0 Å². The van der Waals surface area contributed by atoms with Crippen LogP contribution >= 0.6 is 11.8 Å². The molecule has 4 rings (SSSR count). The summed E-state index contributed by atoms with van der Waals surface area (Å²) in [4.78, 5) is 20.0. The number of aryl methyl sites for hydroxylation is 1. The van der Waals surface area contributed by atoms with E-state index in [4.69, 9.17) is 4.98 Å². The Morgan fingerprint density at radius 2 is 1.93 bits per heavy atom. The summed E-state index contributed by atoms with van der Waals surface area (Å²) in [6.45, 7) is 7.07. The Balaban J connectivity index is 1.54. The van der Waals surface area contributed by atoms with E-state index in [1.54, 1.807) is 11.8 Å². The second kappa shape index (κ2) is 7.70. The molecule has 1 saturated carbocycles. The second-order valence-corrected chi connectivity index (χ2v) is 9.16. The second-order valence-electron chi connectivity index (χ2n) is 7.86. The highest BCUT2D eigenvalue weighted by molar-refractivity contribution is 8.00. The summed E-state index contributed by atoms with van der Waals surface area (Å²) in [5.74, 6) is 0.193. The molecule has 1 atom stereocenters. The molecule has 0 bridgehead atoms. The average molecular weight is 384 g/mol. The molecule has 4 nitrogen and oxygen atoms in total. The minimum Gasteiger partial charge on any atom is -0.320 e. The summed E-state index contributed by atoms with van der Waals surface area (Å²) in [5, 5.41) is 0.880. The molecule has 1 aliphatic heterocycles. The molecule has 1 aliphatic carbocycles. The summed E-state index contributed by atoms with van der Waals surface area (Å²) < 4.78 is 2.42. The lowest BCUT2D eigenvalue weighted by molar-refractivity contribution is -0.117. The fraction of sp³-hybridized carbons (Fsp3) is 0.545. The van der Waals surface area contributed by atoms with Crippen molar-refractivity contribution in [3.05, 3.63) is 41.2 Å². The number of rotatable bonds is 4. The number of benzene rings is 1. The fourth-order valence-corrected chi connectivity index (χ4v) is 5.58. The molecule has 1 unspecified atom stereocenters. The molecule has 1 fully saturated rings. The number of thioether (sulfide) groups is 1. The van der Waals surface area contributed by atoms with Gasteiger partial charge >= 0.3 is 0 Å². The van der Waals surface area contributed by atoms with Crippen molar-refractivity contribution in [2.45, 2.75) is 75.7 Å². The number of hydrogen-bond donors (Lipinski definition) is 0. The van der Waals surface area contributed by atoms with Crippen LogP contribution in [0, 0.1) is 13.8 Å². The zero-order chi connectivity index (χ0) is 19.0. The number of carbonyl (C=O) groups is 1. The van der Waals surface area contributed by atoms with Gasteiger partial charge in [0.15, 0.2) is 5.16 Å². The lowest BCUT2D eigenvalue weighted by Crippen LogP contribution is -2.35. The first-order chi connectivity index (χ1) is 13.1. The molecule has 0 saturated heterocycles. The molecule has 2 aromatic rings. The topological polar surface area (TPSA) is 38.1 Å². The third-order valence-corrected chi connectivity index (χ3v) is 7.13. The van der Waals surface area contributed by atoms with Crippen molar-refractivity contribution >= 4 is 23.4 Å². The van der Waals surface area contributed by atoms with Gasteiger partial charge in [0.1, 0.15) is 0 Å². The molecule has 0 N–H and O–H groups in total. The van der Waals surface area contributed by atoms with Crippen molar-refractivity contribution in [3.63, 3.8) is 0 Å². The Morgan fingerprint density at radius 1 is 1.19 bits per heavy atom. The maximum absolute atomic E-state index is 13.2. The van der Waals surface area contributed by atoms with E-state index in [1.165, 1.54) is 43.4 Å². The molecule has 1 aromatic heterocycles. The molecule has 27 heavy (non-hydrogen) atoms. The lowest BCUT2D eigenvalue weighted by atomic mass is 9.95. The summed E-state index contributed by atoms with van der Waals surface area (Å²) >= 11 is 1.63. The van der Waals surface area contributed by atoms with E-state index in [0.29, 0.717) is 6.04 Å². The van der Waals surface area contributed by atoms with Crippen molar-refractivity contribution in [1.29, 1.82) is 0 Å². The van der Waals surface area contributed by atoms with Crippen LogP contribution in [0.3, 0.4) is 0 Å². The summed E-state index contributed by atoms with van der Waals surface area (Å²) in [7, 11) is 0. The smallest absolute Gasteiger partial charge is 0.240 e. The molecular weight excluding hydrogens is 354 g/mol. The maximum atomic E-state index is 13.2. The van der Waals surface area contributed by atoms with Gasteiger partial charge in [0.2, 0.25) is 5.91 Å². The number of amides is 1. The quantitative estimate of drug-likeness (QED) is 0.692.